The van der Waals surface area contributed by atoms with Gasteiger partial charge in [-0.05, 0) is 44.5 Å². The Morgan fingerprint density at radius 3 is 2.55 bits per heavy atom. The van der Waals surface area contributed by atoms with Crippen LogP contribution in [0.4, 0.5) is 5.69 Å². The molecule has 170 valence electrons. The molecule has 0 unspecified atom stereocenters. The lowest BCUT2D eigenvalue weighted by Crippen LogP contribution is -2.49. The SMILES string of the molecule is CN(C)CC(C)(C)CNC(=O)C1CCN(C(=O)CN2C(=O)CSc3ccccc32)CC1. The Bertz CT molecular complexity index is 819. The summed E-state index contributed by atoms with van der Waals surface area (Å²) in [7, 11) is 4.07. The fourth-order valence-corrected chi connectivity index (χ4v) is 5.27. The fourth-order valence-electron chi connectivity index (χ4n) is 4.34. The number of fused-ring (bicyclic) bond motifs is 1. The van der Waals surface area contributed by atoms with E-state index in [1.54, 1.807) is 9.80 Å². The van der Waals surface area contributed by atoms with E-state index in [1.165, 1.54) is 11.8 Å². The van der Waals surface area contributed by atoms with Crippen molar-refractivity contribution in [1.82, 2.24) is 15.1 Å². The van der Waals surface area contributed by atoms with Gasteiger partial charge >= 0.3 is 0 Å². The van der Waals surface area contributed by atoms with Crippen molar-refractivity contribution in [2.24, 2.45) is 11.3 Å². The Hall–Kier alpha value is -2.06. The predicted molar refractivity (Wildman–Crippen MR) is 124 cm³/mol. The van der Waals surface area contributed by atoms with E-state index in [2.05, 4.69) is 24.1 Å². The van der Waals surface area contributed by atoms with Crippen LogP contribution in [0.2, 0.25) is 0 Å². The number of carbonyl (C=O) groups excluding carboxylic acids is 3. The molecule has 0 aromatic heterocycles. The van der Waals surface area contributed by atoms with E-state index in [4.69, 9.17) is 0 Å². The molecule has 0 saturated carbocycles. The van der Waals surface area contributed by atoms with E-state index in [9.17, 15) is 14.4 Å². The highest BCUT2D eigenvalue weighted by atomic mass is 32.2. The van der Waals surface area contributed by atoms with Crippen molar-refractivity contribution in [3.05, 3.63) is 24.3 Å². The molecule has 2 aliphatic heterocycles. The summed E-state index contributed by atoms with van der Waals surface area (Å²) in [5.41, 5.74) is 0.817. The van der Waals surface area contributed by atoms with Gasteiger partial charge in [0.2, 0.25) is 17.7 Å². The number of amides is 3. The van der Waals surface area contributed by atoms with Crippen LogP contribution in [0.25, 0.3) is 0 Å². The summed E-state index contributed by atoms with van der Waals surface area (Å²) < 4.78 is 0. The first-order valence-corrected chi connectivity index (χ1v) is 11.9. The third kappa shape index (κ3) is 6.23. The summed E-state index contributed by atoms with van der Waals surface area (Å²) in [5.74, 6) is 0.285. The Labute approximate surface area is 189 Å². The zero-order valence-electron chi connectivity index (χ0n) is 19.0. The first kappa shape index (κ1) is 23.6. The Balaban J connectivity index is 1.49. The maximum Gasteiger partial charge on any atom is 0.242 e. The molecular weight excluding hydrogens is 412 g/mol. The van der Waals surface area contributed by atoms with Crippen LogP contribution in [-0.4, -0.2) is 80.1 Å². The maximum atomic E-state index is 12.9. The smallest absolute Gasteiger partial charge is 0.242 e. The van der Waals surface area contributed by atoms with Crippen LogP contribution in [0.3, 0.4) is 0 Å². The quantitative estimate of drug-likeness (QED) is 0.694. The van der Waals surface area contributed by atoms with Gasteiger partial charge in [0.15, 0.2) is 0 Å². The number of thioether (sulfide) groups is 1. The molecule has 0 spiro atoms. The van der Waals surface area contributed by atoms with Gasteiger partial charge in [0.05, 0.1) is 11.4 Å². The normalized spacial score (nSPS) is 17.6. The molecule has 31 heavy (non-hydrogen) atoms. The van der Waals surface area contributed by atoms with Crippen molar-refractivity contribution in [3.63, 3.8) is 0 Å². The summed E-state index contributed by atoms with van der Waals surface area (Å²) >= 11 is 1.51. The average Bonchev–Trinajstić information content (AvgIpc) is 2.73. The van der Waals surface area contributed by atoms with Gasteiger partial charge in [0.1, 0.15) is 6.54 Å². The molecule has 0 atom stereocenters. The van der Waals surface area contributed by atoms with Crippen molar-refractivity contribution in [1.29, 1.82) is 0 Å². The van der Waals surface area contributed by atoms with Gasteiger partial charge in [-0.15, -0.1) is 11.8 Å². The molecule has 1 aromatic rings. The lowest BCUT2D eigenvalue weighted by molar-refractivity contribution is -0.135. The number of anilines is 1. The van der Waals surface area contributed by atoms with Crippen LogP contribution in [0, 0.1) is 11.3 Å². The molecule has 1 aromatic carbocycles. The van der Waals surface area contributed by atoms with E-state index in [1.807, 2.05) is 38.4 Å². The average molecular weight is 447 g/mol. The minimum Gasteiger partial charge on any atom is -0.355 e. The van der Waals surface area contributed by atoms with Crippen LogP contribution in [0.5, 0.6) is 0 Å². The lowest BCUT2D eigenvalue weighted by atomic mass is 9.91. The van der Waals surface area contributed by atoms with Gasteiger partial charge in [-0.2, -0.15) is 0 Å². The van der Waals surface area contributed by atoms with Crippen LogP contribution in [0.15, 0.2) is 29.2 Å². The summed E-state index contributed by atoms with van der Waals surface area (Å²) in [6, 6.07) is 7.70. The molecule has 0 radical (unpaired) electrons. The summed E-state index contributed by atoms with van der Waals surface area (Å²) in [6.07, 6.45) is 1.32. The van der Waals surface area contributed by atoms with Gasteiger partial charge in [0.25, 0.3) is 0 Å². The molecule has 3 amide bonds. The van der Waals surface area contributed by atoms with Gasteiger partial charge in [0, 0.05) is 37.0 Å². The minimum atomic E-state index is -0.0621. The highest BCUT2D eigenvalue weighted by molar-refractivity contribution is 8.00. The Morgan fingerprint density at radius 1 is 1.19 bits per heavy atom. The predicted octanol–water partition coefficient (Wildman–Crippen LogP) is 2.07. The molecule has 0 aliphatic carbocycles. The van der Waals surface area contributed by atoms with Gasteiger partial charge in [-0.25, -0.2) is 0 Å². The molecule has 1 N–H and O–H groups in total. The van der Waals surface area contributed by atoms with Crippen LogP contribution in [0.1, 0.15) is 26.7 Å². The summed E-state index contributed by atoms with van der Waals surface area (Å²) in [4.78, 5) is 44.5. The number of hydrogen-bond acceptors (Lipinski definition) is 5. The highest BCUT2D eigenvalue weighted by Crippen LogP contribution is 2.34. The Kier molecular flexibility index (Phi) is 7.64. The zero-order chi connectivity index (χ0) is 22.6. The first-order valence-electron chi connectivity index (χ1n) is 10.9. The Morgan fingerprint density at radius 2 is 1.87 bits per heavy atom. The second-order valence-corrected chi connectivity index (χ2v) is 10.5. The van der Waals surface area contributed by atoms with Gasteiger partial charge in [-0.1, -0.05) is 26.0 Å². The number of hydrogen-bond donors (Lipinski definition) is 1. The molecule has 7 nitrogen and oxygen atoms in total. The van der Waals surface area contributed by atoms with Crippen LogP contribution >= 0.6 is 11.8 Å². The largest absolute Gasteiger partial charge is 0.355 e. The van der Waals surface area contributed by atoms with Crippen molar-refractivity contribution in [3.8, 4) is 0 Å². The maximum absolute atomic E-state index is 12.9. The van der Waals surface area contributed by atoms with E-state index in [0.29, 0.717) is 38.2 Å². The van der Waals surface area contributed by atoms with Crippen molar-refractivity contribution < 1.29 is 14.4 Å². The third-order valence-electron chi connectivity index (χ3n) is 5.81. The lowest BCUT2D eigenvalue weighted by Gasteiger charge is -2.35. The third-order valence-corrected chi connectivity index (χ3v) is 6.85. The summed E-state index contributed by atoms with van der Waals surface area (Å²) in [5, 5.41) is 3.10. The van der Waals surface area contributed by atoms with E-state index in [-0.39, 0.29) is 35.6 Å². The number of benzene rings is 1. The second kappa shape index (κ2) is 10.0. The molecule has 0 bridgehead atoms. The van der Waals surface area contributed by atoms with Gasteiger partial charge < -0.3 is 20.0 Å². The number of nitrogens with one attached hydrogen (secondary N) is 1. The number of nitrogens with zero attached hydrogens (tertiary/aromatic N) is 3. The zero-order valence-corrected chi connectivity index (χ0v) is 19.8. The number of para-hydroxylation sites is 1. The van der Waals surface area contributed by atoms with E-state index >= 15 is 0 Å². The number of carbonyl (C=O) groups is 3. The van der Waals surface area contributed by atoms with Crippen molar-refractivity contribution in [2.45, 2.75) is 31.6 Å². The second-order valence-electron chi connectivity index (χ2n) is 9.51. The number of piperidine rings is 1. The molecular formula is C23H34N4O3S. The molecule has 1 saturated heterocycles. The van der Waals surface area contributed by atoms with Crippen LogP contribution < -0.4 is 10.2 Å². The number of likely N-dealkylation sites (tertiary alicyclic amines) is 1. The van der Waals surface area contributed by atoms with E-state index < -0.39 is 0 Å². The summed E-state index contributed by atoms with van der Waals surface area (Å²) in [6.45, 7) is 6.99. The van der Waals surface area contributed by atoms with Crippen molar-refractivity contribution in [2.75, 3.05) is 57.5 Å². The minimum absolute atomic E-state index is 0.00534. The fraction of sp³-hybridized carbons (Fsp3) is 0.609. The molecule has 1 fully saturated rings. The molecule has 2 heterocycles. The van der Waals surface area contributed by atoms with E-state index in [0.717, 1.165) is 17.1 Å². The van der Waals surface area contributed by atoms with Crippen molar-refractivity contribution >= 4 is 35.2 Å². The topological polar surface area (TPSA) is 73.0 Å². The first-order chi connectivity index (χ1) is 14.7. The number of rotatable bonds is 7. The van der Waals surface area contributed by atoms with Crippen LogP contribution in [-0.2, 0) is 14.4 Å². The van der Waals surface area contributed by atoms with Gasteiger partial charge in [-0.3, -0.25) is 14.4 Å². The molecule has 2 aliphatic rings. The monoisotopic (exact) mass is 446 g/mol. The molecule has 8 heteroatoms. The standard InChI is InChI=1S/C23H34N4O3S/c1-23(2,16-25(3)4)15-24-22(30)17-9-11-26(12-10-17)20(28)13-27-18-7-5-6-8-19(18)31-14-21(27)29/h5-8,17H,9-16H2,1-4H3,(H,24,30). The highest BCUT2D eigenvalue weighted by Gasteiger charge is 2.31. The molecule has 3 rings (SSSR count).